The molecule has 2 rings (SSSR count). The molecule has 0 bridgehead atoms. The monoisotopic (exact) mass is 937 g/mol. The SMILES string of the molecule is CC/C=C/C/C=C/C/C=C/C/C=C/C/C=C/CCCC(=O)OC[C@@H](CO[C@@H]1O[C@H](CO[C@@H]2O[C@H](CO)[C@H](O)C(O)C2O)[C@H](O)C(O)C1O)OC(=O)CCCCCCC/C=C/CCCCCC. The van der Waals surface area contributed by atoms with Crippen molar-refractivity contribution in [3.63, 3.8) is 0 Å². The second kappa shape index (κ2) is 37.9. The molecule has 0 radical (unpaired) electrons. The number of aliphatic hydroxyl groups excluding tert-OH is 7. The van der Waals surface area contributed by atoms with Crippen LogP contribution in [0.3, 0.4) is 0 Å². The molecule has 2 heterocycles. The molecule has 0 aromatic rings. The molecule has 66 heavy (non-hydrogen) atoms. The van der Waals surface area contributed by atoms with Crippen molar-refractivity contribution < 1.29 is 73.8 Å². The van der Waals surface area contributed by atoms with Gasteiger partial charge in [-0.05, 0) is 77.0 Å². The van der Waals surface area contributed by atoms with Crippen LogP contribution in [-0.4, -0.2) is 142 Å². The second-order valence-electron chi connectivity index (χ2n) is 16.9. The molecule has 0 spiro atoms. The molecule has 0 aromatic heterocycles. The molecular formula is C51H84O15. The van der Waals surface area contributed by atoms with E-state index in [1.807, 2.05) is 12.2 Å². The Labute approximate surface area is 393 Å². The Bertz CT molecular complexity index is 1430. The third kappa shape index (κ3) is 25.9. The van der Waals surface area contributed by atoms with Crippen molar-refractivity contribution in [3.05, 3.63) is 72.9 Å². The maximum absolute atomic E-state index is 13.0. The average molecular weight is 937 g/mol. The third-order valence-electron chi connectivity index (χ3n) is 11.2. The molecular weight excluding hydrogens is 853 g/mol. The number of esters is 2. The number of carbonyl (C=O) groups excluding carboxylic acids is 2. The van der Waals surface area contributed by atoms with E-state index in [2.05, 4.69) is 74.6 Å². The summed E-state index contributed by atoms with van der Waals surface area (Å²) in [5.41, 5.74) is 0. The molecule has 11 atom stereocenters. The normalized spacial score (nSPS) is 26.8. The zero-order chi connectivity index (χ0) is 48.2. The van der Waals surface area contributed by atoms with E-state index in [0.717, 1.165) is 70.6 Å². The first-order valence-corrected chi connectivity index (χ1v) is 24.5. The van der Waals surface area contributed by atoms with Crippen molar-refractivity contribution in [2.75, 3.05) is 26.4 Å². The van der Waals surface area contributed by atoms with Crippen molar-refractivity contribution in [3.8, 4) is 0 Å². The zero-order valence-corrected chi connectivity index (χ0v) is 39.6. The van der Waals surface area contributed by atoms with Crippen LogP contribution >= 0.6 is 0 Å². The lowest BCUT2D eigenvalue weighted by Crippen LogP contribution is -2.61. The lowest BCUT2D eigenvalue weighted by atomic mass is 9.98. The molecule has 0 aliphatic carbocycles. The van der Waals surface area contributed by atoms with Crippen molar-refractivity contribution in [1.29, 1.82) is 0 Å². The first kappa shape index (κ1) is 59.1. The maximum Gasteiger partial charge on any atom is 0.306 e. The van der Waals surface area contributed by atoms with Gasteiger partial charge in [-0.1, -0.05) is 125 Å². The fourth-order valence-corrected chi connectivity index (χ4v) is 7.13. The van der Waals surface area contributed by atoms with Crippen LogP contribution in [0.4, 0.5) is 0 Å². The van der Waals surface area contributed by atoms with E-state index in [4.69, 9.17) is 28.4 Å². The highest BCUT2D eigenvalue weighted by Crippen LogP contribution is 2.26. The quantitative estimate of drug-likeness (QED) is 0.0209. The van der Waals surface area contributed by atoms with E-state index >= 15 is 0 Å². The number of unbranched alkanes of at least 4 members (excludes halogenated alkanes) is 10. The van der Waals surface area contributed by atoms with Crippen LogP contribution in [0.5, 0.6) is 0 Å². The van der Waals surface area contributed by atoms with E-state index in [-0.39, 0.29) is 19.4 Å². The lowest BCUT2D eigenvalue weighted by Gasteiger charge is -2.42. The standard InChI is InChI=1S/C51H84O15/c1-3-5-7-9-11-13-15-17-18-19-20-22-23-25-27-29-31-33-42(53)61-36-39(64-43(54)34-32-30-28-26-24-21-16-14-12-10-8-6-4-2)37-62-50-49(60)47(58)45(56)41(66-50)38-63-51-48(59)46(57)44(55)40(35-52)65-51/h5,7,11,13-14,16-18,20,22,25,27,39-41,44-52,55-60H,3-4,6,8-10,12,15,19,21,23-24,26,28-38H2,1-2H3/b7-5+,13-11+,16-14+,18-17+,22-20+,27-25+/t39-,40+,41+,44-,45-,46?,47?,48?,49?,50+,51+/m0/s1. The van der Waals surface area contributed by atoms with Crippen molar-refractivity contribution in [2.24, 2.45) is 0 Å². The summed E-state index contributed by atoms with van der Waals surface area (Å²) in [6, 6.07) is 0. The Morgan fingerprint density at radius 1 is 0.500 bits per heavy atom. The number of allylic oxidation sites excluding steroid dienone is 12. The molecule has 2 aliphatic rings. The second-order valence-corrected chi connectivity index (χ2v) is 16.9. The summed E-state index contributed by atoms with van der Waals surface area (Å²) in [6.07, 6.45) is 26.6. The van der Waals surface area contributed by atoms with E-state index < -0.39 is 99.3 Å². The van der Waals surface area contributed by atoms with Gasteiger partial charge in [0.05, 0.1) is 19.8 Å². The molecule has 2 saturated heterocycles. The maximum atomic E-state index is 13.0. The van der Waals surface area contributed by atoms with Crippen molar-refractivity contribution in [2.45, 2.75) is 210 Å². The van der Waals surface area contributed by atoms with Gasteiger partial charge in [-0.15, -0.1) is 0 Å². The van der Waals surface area contributed by atoms with Gasteiger partial charge in [0, 0.05) is 12.8 Å². The van der Waals surface area contributed by atoms with Crippen LogP contribution in [-0.2, 0) is 38.0 Å². The summed E-state index contributed by atoms with van der Waals surface area (Å²) < 4.78 is 33.4. The molecule has 7 N–H and O–H groups in total. The van der Waals surface area contributed by atoms with Crippen LogP contribution in [0.1, 0.15) is 142 Å². The Balaban J connectivity index is 1.86. The number of hydrogen-bond acceptors (Lipinski definition) is 15. The fourth-order valence-electron chi connectivity index (χ4n) is 7.13. The minimum absolute atomic E-state index is 0.134. The average Bonchev–Trinajstić information content (AvgIpc) is 3.31. The van der Waals surface area contributed by atoms with Crippen molar-refractivity contribution >= 4 is 11.9 Å². The van der Waals surface area contributed by atoms with E-state index in [9.17, 15) is 45.3 Å². The fraction of sp³-hybridized carbons (Fsp3) is 0.725. The summed E-state index contributed by atoms with van der Waals surface area (Å²) in [6.45, 7) is 2.36. The zero-order valence-electron chi connectivity index (χ0n) is 39.6. The molecule has 378 valence electrons. The Morgan fingerprint density at radius 3 is 1.56 bits per heavy atom. The molecule has 0 amide bonds. The highest BCUT2D eigenvalue weighted by atomic mass is 16.7. The van der Waals surface area contributed by atoms with Gasteiger partial charge in [-0.3, -0.25) is 9.59 Å². The van der Waals surface area contributed by atoms with Gasteiger partial charge < -0.3 is 64.2 Å². The molecule has 15 nitrogen and oxygen atoms in total. The lowest BCUT2D eigenvalue weighted by molar-refractivity contribution is -0.332. The number of carbonyl (C=O) groups is 2. The van der Waals surface area contributed by atoms with Gasteiger partial charge in [0.2, 0.25) is 0 Å². The molecule has 0 saturated carbocycles. The number of aliphatic hydroxyl groups is 7. The number of hydrogen-bond donors (Lipinski definition) is 7. The number of rotatable bonds is 36. The van der Waals surface area contributed by atoms with Crippen LogP contribution < -0.4 is 0 Å². The van der Waals surface area contributed by atoms with Crippen LogP contribution in [0.15, 0.2) is 72.9 Å². The van der Waals surface area contributed by atoms with E-state index in [1.165, 1.54) is 25.7 Å². The first-order chi connectivity index (χ1) is 32.0. The van der Waals surface area contributed by atoms with Gasteiger partial charge in [-0.25, -0.2) is 0 Å². The Morgan fingerprint density at radius 2 is 0.970 bits per heavy atom. The summed E-state index contributed by atoms with van der Waals surface area (Å²) in [7, 11) is 0. The Kier molecular flexibility index (Phi) is 33.9. The predicted octanol–water partition coefficient (Wildman–Crippen LogP) is 6.26. The van der Waals surface area contributed by atoms with E-state index in [0.29, 0.717) is 19.3 Å². The summed E-state index contributed by atoms with van der Waals surface area (Å²) in [5, 5.41) is 72.0. The smallest absolute Gasteiger partial charge is 0.306 e. The van der Waals surface area contributed by atoms with E-state index in [1.54, 1.807) is 0 Å². The first-order valence-electron chi connectivity index (χ1n) is 24.5. The van der Waals surface area contributed by atoms with Gasteiger partial charge >= 0.3 is 11.9 Å². The highest BCUT2D eigenvalue weighted by Gasteiger charge is 2.47. The predicted molar refractivity (Wildman–Crippen MR) is 252 cm³/mol. The minimum Gasteiger partial charge on any atom is -0.462 e. The van der Waals surface area contributed by atoms with Gasteiger partial charge in [0.15, 0.2) is 18.7 Å². The van der Waals surface area contributed by atoms with Crippen LogP contribution in [0.2, 0.25) is 0 Å². The molecule has 4 unspecified atom stereocenters. The number of ether oxygens (including phenoxy) is 6. The topological polar surface area (TPSA) is 231 Å². The molecule has 2 aliphatic heterocycles. The largest absolute Gasteiger partial charge is 0.462 e. The molecule has 0 aromatic carbocycles. The molecule has 15 heteroatoms. The summed E-state index contributed by atoms with van der Waals surface area (Å²) >= 11 is 0. The minimum atomic E-state index is -1.78. The molecule has 2 fully saturated rings. The Hall–Kier alpha value is -3.06. The van der Waals surface area contributed by atoms with Gasteiger partial charge in [0.1, 0.15) is 55.4 Å². The summed E-state index contributed by atoms with van der Waals surface area (Å²) in [4.78, 5) is 25.7. The highest BCUT2D eigenvalue weighted by molar-refractivity contribution is 5.70. The van der Waals surface area contributed by atoms with Gasteiger partial charge in [-0.2, -0.15) is 0 Å². The third-order valence-corrected chi connectivity index (χ3v) is 11.2. The van der Waals surface area contributed by atoms with Gasteiger partial charge in [0.25, 0.3) is 0 Å². The summed E-state index contributed by atoms with van der Waals surface area (Å²) in [5.74, 6) is -1.01. The van der Waals surface area contributed by atoms with Crippen LogP contribution in [0.25, 0.3) is 0 Å². The van der Waals surface area contributed by atoms with Crippen molar-refractivity contribution in [1.82, 2.24) is 0 Å². The van der Waals surface area contributed by atoms with Crippen LogP contribution in [0, 0.1) is 0 Å².